The maximum absolute atomic E-state index is 8.56. The second kappa shape index (κ2) is 5.38. The fraction of sp³-hybridized carbons (Fsp3) is 0.100. The van der Waals surface area contributed by atoms with Crippen LogP contribution >= 0.6 is 12.2 Å². The van der Waals surface area contributed by atoms with Crippen LogP contribution in [0.25, 0.3) is 6.08 Å². The number of hydrogen-bond acceptors (Lipinski definition) is 3. The van der Waals surface area contributed by atoms with E-state index in [1.807, 2.05) is 30.3 Å². The third kappa shape index (κ3) is 3.30. The molecule has 2 nitrogen and oxygen atoms in total. The molecule has 0 aliphatic heterocycles. The maximum Gasteiger partial charge on any atom is 0.0745 e. The van der Waals surface area contributed by atoms with Crippen molar-refractivity contribution in [2.45, 2.75) is 0 Å². The number of aliphatic hydroxyl groups excluding tert-OH is 1. The molecular weight excluding hydrogens is 182 g/mol. The topological polar surface area (TPSA) is 32.6 Å². The highest BCUT2D eigenvalue weighted by Crippen LogP contribution is 2.14. The summed E-state index contributed by atoms with van der Waals surface area (Å²) in [5.74, 6) is 0. The highest BCUT2D eigenvalue weighted by Gasteiger charge is 1.89. The largest absolute Gasteiger partial charge is 0.392 e. The number of aliphatic hydroxyl groups is 1. The van der Waals surface area contributed by atoms with Crippen LogP contribution in [0, 0.1) is 0 Å². The minimum atomic E-state index is 0.0423. The predicted octanol–water partition coefficient (Wildman–Crippen LogP) is 2.43. The lowest BCUT2D eigenvalue weighted by Gasteiger charge is -1.93. The predicted molar refractivity (Wildman–Crippen MR) is 57.2 cm³/mol. The molecule has 3 heteroatoms. The van der Waals surface area contributed by atoms with E-state index in [2.05, 4.69) is 22.4 Å². The Hall–Kier alpha value is -1.28. The van der Waals surface area contributed by atoms with Crippen molar-refractivity contribution >= 4 is 29.1 Å². The zero-order chi connectivity index (χ0) is 9.52. The summed E-state index contributed by atoms with van der Waals surface area (Å²) in [7, 11) is 0. The van der Waals surface area contributed by atoms with Crippen molar-refractivity contribution < 1.29 is 5.11 Å². The number of rotatable bonds is 3. The van der Waals surface area contributed by atoms with E-state index in [9.17, 15) is 0 Å². The van der Waals surface area contributed by atoms with Gasteiger partial charge in [0.05, 0.1) is 17.5 Å². The zero-order valence-electron chi connectivity index (χ0n) is 6.97. The molecule has 0 heterocycles. The van der Waals surface area contributed by atoms with E-state index in [-0.39, 0.29) is 6.61 Å². The number of aliphatic imine (C=N–C) groups is 1. The van der Waals surface area contributed by atoms with Crippen LogP contribution in [-0.4, -0.2) is 16.9 Å². The van der Waals surface area contributed by atoms with Gasteiger partial charge in [-0.05, 0) is 29.9 Å². The number of benzene rings is 1. The molecule has 1 aromatic carbocycles. The molecule has 1 rings (SSSR count). The molecule has 13 heavy (non-hydrogen) atoms. The Bertz CT molecular complexity index is 354. The fourth-order valence-corrected chi connectivity index (χ4v) is 1.04. The zero-order valence-corrected chi connectivity index (χ0v) is 7.79. The SMILES string of the molecule is OCC=Cc1cccc(N=C=S)c1. The van der Waals surface area contributed by atoms with Crippen LogP contribution in [0.3, 0.4) is 0 Å². The van der Waals surface area contributed by atoms with Crippen molar-refractivity contribution in [3.8, 4) is 0 Å². The molecule has 66 valence electrons. The summed E-state index contributed by atoms with van der Waals surface area (Å²) in [6.07, 6.45) is 3.49. The third-order valence-corrected chi connectivity index (χ3v) is 1.55. The van der Waals surface area contributed by atoms with E-state index in [4.69, 9.17) is 5.11 Å². The van der Waals surface area contributed by atoms with Gasteiger partial charge in [0.15, 0.2) is 0 Å². The van der Waals surface area contributed by atoms with Gasteiger partial charge in [-0.25, -0.2) is 0 Å². The molecule has 0 radical (unpaired) electrons. The fourth-order valence-electron chi connectivity index (χ4n) is 0.940. The molecule has 0 unspecified atom stereocenters. The van der Waals surface area contributed by atoms with Gasteiger partial charge < -0.3 is 5.11 Å². The summed E-state index contributed by atoms with van der Waals surface area (Å²) in [6.45, 7) is 0.0423. The third-order valence-electron chi connectivity index (χ3n) is 1.46. The molecule has 0 saturated heterocycles. The Morgan fingerprint density at radius 3 is 3.08 bits per heavy atom. The summed E-state index contributed by atoms with van der Waals surface area (Å²) < 4.78 is 0. The first-order valence-corrected chi connectivity index (χ1v) is 4.23. The summed E-state index contributed by atoms with van der Waals surface area (Å²) in [4.78, 5) is 3.84. The van der Waals surface area contributed by atoms with Crippen LogP contribution in [-0.2, 0) is 0 Å². The summed E-state index contributed by atoms with van der Waals surface area (Å²) in [5, 5.41) is 10.9. The Balaban J connectivity index is 2.91. The van der Waals surface area contributed by atoms with E-state index in [1.54, 1.807) is 6.08 Å². The van der Waals surface area contributed by atoms with E-state index in [1.165, 1.54) is 0 Å². The maximum atomic E-state index is 8.56. The van der Waals surface area contributed by atoms with Gasteiger partial charge in [-0.3, -0.25) is 0 Å². The van der Waals surface area contributed by atoms with Crippen molar-refractivity contribution in [1.29, 1.82) is 0 Å². The molecule has 0 spiro atoms. The minimum Gasteiger partial charge on any atom is -0.392 e. The second-order valence-electron chi connectivity index (χ2n) is 2.38. The smallest absolute Gasteiger partial charge is 0.0745 e. The van der Waals surface area contributed by atoms with Gasteiger partial charge >= 0.3 is 0 Å². The van der Waals surface area contributed by atoms with Crippen molar-refractivity contribution in [1.82, 2.24) is 0 Å². The molecule has 0 amide bonds. The normalized spacial score (nSPS) is 9.92. The highest BCUT2D eigenvalue weighted by atomic mass is 32.1. The van der Waals surface area contributed by atoms with Gasteiger partial charge in [0, 0.05) is 0 Å². The molecule has 0 bridgehead atoms. The van der Waals surface area contributed by atoms with Gasteiger partial charge in [0.1, 0.15) is 0 Å². The van der Waals surface area contributed by atoms with Gasteiger partial charge in [-0.2, -0.15) is 4.99 Å². The number of hydrogen-bond donors (Lipinski definition) is 1. The van der Waals surface area contributed by atoms with Crippen LogP contribution in [0.5, 0.6) is 0 Å². The summed E-state index contributed by atoms with van der Waals surface area (Å²) in [5.41, 5.74) is 1.76. The standard InChI is InChI=1S/C10H9NOS/c12-6-2-4-9-3-1-5-10(7-9)11-8-13/h1-5,7,12H,6H2. The van der Waals surface area contributed by atoms with Gasteiger partial charge in [-0.15, -0.1) is 0 Å². The molecule has 0 fully saturated rings. The molecule has 0 aliphatic carbocycles. The summed E-state index contributed by atoms with van der Waals surface area (Å²) in [6, 6.07) is 7.51. The highest BCUT2D eigenvalue weighted by molar-refractivity contribution is 7.78. The Labute approximate surface area is 82.2 Å². The Kier molecular flexibility index (Phi) is 4.06. The monoisotopic (exact) mass is 191 g/mol. The number of thiocarbonyl (C=S) groups is 1. The van der Waals surface area contributed by atoms with Crippen LogP contribution in [0.1, 0.15) is 5.56 Å². The number of nitrogens with zero attached hydrogens (tertiary/aromatic N) is 1. The first-order chi connectivity index (χ1) is 6.36. The lowest BCUT2D eigenvalue weighted by Crippen LogP contribution is -1.73. The average molecular weight is 191 g/mol. The van der Waals surface area contributed by atoms with Gasteiger partial charge in [-0.1, -0.05) is 24.3 Å². The van der Waals surface area contributed by atoms with E-state index in [0.717, 1.165) is 11.3 Å². The molecule has 1 N–H and O–H groups in total. The molecule has 0 atom stereocenters. The van der Waals surface area contributed by atoms with Crippen LogP contribution in [0.2, 0.25) is 0 Å². The second-order valence-corrected chi connectivity index (χ2v) is 2.57. The van der Waals surface area contributed by atoms with E-state index >= 15 is 0 Å². The van der Waals surface area contributed by atoms with Crippen molar-refractivity contribution in [2.24, 2.45) is 4.99 Å². The van der Waals surface area contributed by atoms with E-state index in [0.29, 0.717) is 0 Å². The lowest BCUT2D eigenvalue weighted by atomic mass is 10.2. The molecule has 0 aliphatic rings. The number of isothiocyanates is 1. The van der Waals surface area contributed by atoms with Gasteiger partial charge in [0.25, 0.3) is 0 Å². The van der Waals surface area contributed by atoms with Crippen molar-refractivity contribution in [3.05, 3.63) is 35.9 Å². The molecular formula is C10H9NOS. The Morgan fingerprint density at radius 2 is 2.38 bits per heavy atom. The molecule has 1 aromatic rings. The van der Waals surface area contributed by atoms with Gasteiger partial charge in [0.2, 0.25) is 0 Å². The summed E-state index contributed by atoms with van der Waals surface area (Å²) >= 11 is 4.49. The first kappa shape index (κ1) is 9.81. The first-order valence-electron chi connectivity index (χ1n) is 3.82. The molecule has 0 aromatic heterocycles. The quantitative estimate of drug-likeness (QED) is 0.588. The van der Waals surface area contributed by atoms with Crippen LogP contribution in [0.4, 0.5) is 5.69 Å². The van der Waals surface area contributed by atoms with Crippen molar-refractivity contribution in [2.75, 3.05) is 6.61 Å². The van der Waals surface area contributed by atoms with E-state index < -0.39 is 0 Å². The van der Waals surface area contributed by atoms with Crippen LogP contribution < -0.4 is 0 Å². The van der Waals surface area contributed by atoms with Crippen molar-refractivity contribution in [3.63, 3.8) is 0 Å². The lowest BCUT2D eigenvalue weighted by molar-refractivity contribution is 0.343. The Morgan fingerprint density at radius 1 is 1.54 bits per heavy atom. The minimum absolute atomic E-state index is 0.0423. The molecule has 0 saturated carbocycles. The average Bonchev–Trinajstić information content (AvgIpc) is 2.16. The van der Waals surface area contributed by atoms with Crippen LogP contribution in [0.15, 0.2) is 35.3 Å².